The van der Waals surface area contributed by atoms with Gasteiger partial charge >= 0.3 is 0 Å². The van der Waals surface area contributed by atoms with Crippen LogP contribution in [-0.2, 0) is 14.3 Å². The van der Waals surface area contributed by atoms with E-state index in [0.29, 0.717) is 18.5 Å². The SMILES string of the molecule is CC[C@H](C)[C@H](NC(=O)c1ccc(-c2csc(N3CCN(C)CC3)n2)cc1)C(=O)N1C[C@H](SC)[C@H]2OCC(=O)[C@H]21. The minimum absolute atomic E-state index is 0.0404. The highest BCUT2D eigenvalue weighted by molar-refractivity contribution is 7.99. The summed E-state index contributed by atoms with van der Waals surface area (Å²) in [6, 6.07) is 6.08. The standard InChI is InChI=1S/C28H37N5O4S2/c1-5-17(2)23(27(36)33-14-22(38-4)25-24(33)21(34)15-37-25)30-26(35)19-8-6-18(7-9-19)20-16-39-28(29-20)32-12-10-31(3)11-13-32/h6-9,16-17,22-25H,5,10-15H2,1-4H3,(H,30,35)/t17-,22-,23-,24+,25+/m0/s1. The molecule has 1 N–H and O–H groups in total. The van der Waals surface area contributed by atoms with Gasteiger partial charge in [0.25, 0.3) is 5.91 Å². The Morgan fingerprint density at radius 2 is 1.92 bits per heavy atom. The quantitative estimate of drug-likeness (QED) is 0.517. The Labute approximate surface area is 238 Å². The highest BCUT2D eigenvalue weighted by atomic mass is 32.2. The third-order valence-electron chi connectivity index (χ3n) is 8.20. The molecule has 1 aromatic carbocycles. The molecule has 39 heavy (non-hydrogen) atoms. The van der Waals surface area contributed by atoms with E-state index < -0.39 is 12.1 Å². The summed E-state index contributed by atoms with van der Waals surface area (Å²) in [7, 11) is 2.14. The molecule has 0 aliphatic carbocycles. The number of nitrogens with zero attached hydrogens (tertiary/aromatic N) is 4. The second-order valence-corrected chi connectivity index (χ2v) is 12.6. The molecular weight excluding hydrogens is 534 g/mol. The summed E-state index contributed by atoms with van der Waals surface area (Å²) in [6.45, 7) is 8.44. The van der Waals surface area contributed by atoms with Crippen molar-refractivity contribution < 1.29 is 19.1 Å². The van der Waals surface area contributed by atoms with Crippen molar-refractivity contribution in [3.63, 3.8) is 0 Å². The number of thioether (sulfide) groups is 1. The molecule has 0 radical (unpaired) electrons. The number of likely N-dealkylation sites (tertiary alicyclic amines) is 1. The van der Waals surface area contributed by atoms with Gasteiger partial charge in [0.05, 0.1) is 17.0 Å². The van der Waals surface area contributed by atoms with E-state index in [-0.39, 0.29) is 41.5 Å². The maximum atomic E-state index is 13.7. The summed E-state index contributed by atoms with van der Waals surface area (Å²) in [6.07, 6.45) is 2.41. The van der Waals surface area contributed by atoms with E-state index in [9.17, 15) is 14.4 Å². The number of carbonyl (C=O) groups excluding carboxylic acids is 3. The van der Waals surface area contributed by atoms with Crippen molar-refractivity contribution in [2.24, 2.45) is 5.92 Å². The van der Waals surface area contributed by atoms with Crippen LogP contribution in [-0.4, -0.2) is 108 Å². The minimum atomic E-state index is -0.721. The molecule has 3 saturated heterocycles. The number of Topliss-reactive ketones (excluding diaryl/α,β-unsaturated/α-hetero) is 1. The van der Waals surface area contributed by atoms with Crippen molar-refractivity contribution in [1.29, 1.82) is 0 Å². The molecule has 0 unspecified atom stereocenters. The van der Waals surface area contributed by atoms with Crippen molar-refractivity contribution in [3.8, 4) is 11.3 Å². The van der Waals surface area contributed by atoms with Crippen LogP contribution < -0.4 is 10.2 Å². The van der Waals surface area contributed by atoms with Crippen molar-refractivity contribution >= 4 is 45.8 Å². The molecule has 0 saturated carbocycles. The Hall–Kier alpha value is -2.47. The molecule has 1 aromatic heterocycles. The Morgan fingerprint density at radius 1 is 1.21 bits per heavy atom. The van der Waals surface area contributed by atoms with Gasteiger partial charge in [0, 0.05) is 49.2 Å². The van der Waals surface area contributed by atoms with Crippen LogP contribution in [0.2, 0.25) is 0 Å². The number of amides is 2. The molecule has 2 aromatic rings. The van der Waals surface area contributed by atoms with E-state index in [1.807, 2.05) is 32.2 Å². The number of likely N-dealkylation sites (N-methyl/N-ethyl adjacent to an activating group) is 1. The third-order valence-corrected chi connectivity index (χ3v) is 10.1. The van der Waals surface area contributed by atoms with Gasteiger partial charge in [-0.3, -0.25) is 14.4 Å². The lowest BCUT2D eigenvalue weighted by Crippen LogP contribution is -2.54. The largest absolute Gasteiger partial charge is 0.367 e. The van der Waals surface area contributed by atoms with Crippen molar-refractivity contribution in [3.05, 3.63) is 35.2 Å². The Kier molecular flexibility index (Phi) is 8.60. The molecule has 5 atom stereocenters. The molecule has 2 amide bonds. The zero-order valence-electron chi connectivity index (χ0n) is 23.0. The molecule has 0 bridgehead atoms. The molecule has 11 heteroatoms. The predicted octanol–water partition coefficient (Wildman–Crippen LogP) is 2.62. The highest BCUT2D eigenvalue weighted by Crippen LogP contribution is 2.34. The van der Waals surface area contributed by atoms with E-state index >= 15 is 0 Å². The number of ether oxygens (including phenoxy) is 1. The van der Waals surface area contributed by atoms with Crippen molar-refractivity contribution in [1.82, 2.24) is 20.1 Å². The number of hydrogen-bond donors (Lipinski definition) is 1. The van der Waals surface area contributed by atoms with Gasteiger partial charge in [-0.1, -0.05) is 32.4 Å². The maximum Gasteiger partial charge on any atom is 0.251 e. The average molecular weight is 572 g/mol. The van der Waals surface area contributed by atoms with Gasteiger partial charge in [0.15, 0.2) is 10.9 Å². The van der Waals surface area contributed by atoms with Crippen LogP contribution in [0.4, 0.5) is 5.13 Å². The fourth-order valence-electron chi connectivity index (χ4n) is 5.47. The van der Waals surface area contributed by atoms with Gasteiger partial charge in [0.1, 0.15) is 18.7 Å². The minimum Gasteiger partial charge on any atom is -0.367 e. The number of thiazole rings is 1. The van der Waals surface area contributed by atoms with Gasteiger partial charge < -0.3 is 24.8 Å². The maximum absolute atomic E-state index is 13.7. The molecule has 210 valence electrons. The fraction of sp³-hybridized carbons (Fsp3) is 0.571. The molecule has 3 aliphatic rings. The Bertz CT molecular complexity index is 1200. The normalized spacial score (nSPS) is 25.0. The van der Waals surface area contributed by atoms with Crippen molar-refractivity contribution in [2.75, 3.05) is 57.5 Å². The van der Waals surface area contributed by atoms with Gasteiger partial charge in [-0.05, 0) is 31.4 Å². The third kappa shape index (κ3) is 5.73. The zero-order valence-corrected chi connectivity index (χ0v) is 24.6. The summed E-state index contributed by atoms with van der Waals surface area (Å²) >= 11 is 3.25. The first kappa shape index (κ1) is 28.1. The predicted molar refractivity (Wildman–Crippen MR) is 156 cm³/mol. The van der Waals surface area contributed by atoms with E-state index in [2.05, 4.69) is 27.5 Å². The molecule has 3 fully saturated rings. The summed E-state index contributed by atoms with van der Waals surface area (Å²) < 4.78 is 5.72. The van der Waals surface area contributed by atoms with Crippen LogP contribution in [0, 0.1) is 5.92 Å². The first-order valence-electron chi connectivity index (χ1n) is 13.6. The monoisotopic (exact) mass is 571 g/mol. The zero-order chi connectivity index (χ0) is 27.7. The molecule has 9 nitrogen and oxygen atoms in total. The number of nitrogens with one attached hydrogen (secondary N) is 1. The van der Waals surface area contributed by atoms with Gasteiger partial charge in [-0.2, -0.15) is 11.8 Å². The highest BCUT2D eigenvalue weighted by Gasteiger charge is 2.53. The molecule has 0 spiro atoms. The summed E-state index contributed by atoms with van der Waals surface area (Å²) in [4.78, 5) is 50.7. The van der Waals surface area contributed by atoms with E-state index in [0.717, 1.165) is 42.6 Å². The fourth-order valence-corrected chi connectivity index (χ4v) is 7.16. The molecule has 5 rings (SSSR count). The van der Waals surface area contributed by atoms with E-state index in [4.69, 9.17) is 9.72 Å². The number of piperazine rings is 1. The van der Waals surface area contributed by atoms with Gasteiger partial charge in [-0.15, -0.1) is 11.3 Å². The lowest BCUT2D eigenvalue weighted by molar-refractivity contribution is -0.139. The first-order valence-corrected chi connectivity index (χ1v) is 15.7. The molecular formula is C28H37N5O4S2. The number of hydrogen-bond acceptors (Lipinski definition) is 9. The number of rotatable bonds is 8. The molecule has 3 aliphatic heterocycles. The van der Waals surface area contributed by atoms with Gasteiger partial charge in [-0.25, -0.2) is 4.98 Å². The summed E-state index contributed by atoms with van der Waals surface area (Å²) in [5.41, 5.74) is 2.32. The van der Waals surface area contributed by atoms with Crippen LogP contribution >= 0.6 is 23.1 Å². The summed E-state index contributed by atoms with van der Waals surface area (Å²) in [5.74, 6) is -0.665. The topological polar surface area (TPSA) is 95.1 Å². The van der Waals surface area contributed by atoms with Crippen LogP contribution in [0.15, 0.2) is 29.6 Å². The van der Waals surface area contributed by atoms with Gasteiger partial charge in [0.2, 0.25) is 5.91 Å². The number of ketones is 1. The van der Waals surface area contributed by atoms with Crippen LogP contribution in [0.3, 0.4) is 0 Å². The number of fused-ring (bicyclic) bond motifs is 1. The lowest BCUT2D eigenvalue weighted by atomic mass is 9.96. The van der Waals surface area contributed by atoms with Crippen LogP contribution in [0.25, 0.3) is 11.3 Å². The van der Waals surface area contributed by atoms with E-state index in [1.54, 1.807) is 40.1 Å². The number of anilines is 1. The first-order chi connectivity index (χ1) is 18.8. The summed E-state index contributed by atoms with van der Waals surface area (Å²) in [5, 5.41) is 6.11. The number of aromatic nitrogens is 1. The second kappa shape index (κ2) is 12.0. The lowest BCUT2D eigenvalue weighted by Gasteiger charge is -2.32. The second-order valence-electron chi connectivity index (χ2n) is 10.7. The number of benzene rings is 1. The Morgan fingerprint density at radius 3 is 2.59 bits per heavy atom. The molecule has 4 heterocycles. The number of carbonyl (C=O) groups is 3. The Balaban J connectivity index is 1.27. The average Bonchev–Trinajstić information content (AvgIpc) is 3.68. The van der Waals surface area contributed by atoms with Crippen LogP contribution in [0.1, 0.15) is 30.6 Å². The van der Waals surface area contributed by atoms with E-state index in [1.165, 1.54) is 0 Å². The van der Waals surface area contributed by atoms with Crippen LogP contribution in [0.5, 0.6) is 0 Å². The smallest absolute Gasteiger partial charge is 0.251 e. The van der Waals surface area contributed by atoms with Crippen molar-refractivity contribution in [2.45, 2.75) is 43.7 Å².